The van der Waals surface area contributed by atoms with Crippen molar-refractivity contribution < 1.29 is 9.18 Å². The molecule has 2 N–H and O–H groups in total. The van der Waals surface area contributed by atoms with Gasteiger partial charge >= 0.3 is 0 Å². The summed E-state index contributed by atoms with van der Waals surface area (Å²) >= 11 is 0. The van der Waals surface area contributed by atoms with Crippen LogP contribution < -0.4 is 10.6 Å². The van der Waals surface area contributed by atoms with Crippen LogP contribution in [-0.2, 0) is 4.79 Å². The Bertz CT molecular complexity index is 668. The van der Waals surface area contributed by atoms with E-state index in [1.165, 1.54) is 17.7 Å². The molecular formula is C17H19FN2O. The fourth-order valence-corrected chi connectivity index (χ4v) is 2.03. The van der Waals surface area contributed by atoms with Gasteiger partial charge in [-0.1, -0.05) is 6.07 Å². The second-order valence-corrected chi connectivity index (χ2v) is 5.16. The summed E-state index contributed by atoms with van der Waals surface area (Å²) in [6, 6.07) is 10.2. The van der Waals surface area contributed by atoms with E-state index in [9.17, 15) is 9.18 Å². The summed E-state index contributed by atoms with van der Waals surface area (Å²) in [6.07, 6.45) is 0. The van der Waals surface area contributed by atoms with E-state index in [1.54, 1.807) is 13.0 Å². The molecule has 0 saturated heterocycles. The molecule has 0 bridgehead atoms. The standard InChI is InChI=1S/C17H19FN2O/c1-11-4-6-15(9-12(11)2)20-17(21)10-19-16-7-5-14(18)8-13(16)3/h4-9,19H,10H2,1-3H3,(H,20,21). The minimum absolute atomic E-state index is 0.137. The Labute approximate surface area is 124 Å². The zero-order valence-electron chi connectivity index (χ0n) is 12.5. The number of carbonyl (C=O) groups is 1. The van der Waals surface area contributed by atoms with E-state index in [4.69, 9.17) is 0 Å². The predicted octanol–water partition coefficient (Wildman–Crippen LogP) is 3.80. The van der Waals surface area contributed by atoms with Gasteiger partial charge in [0, 0.05) is 11.4 Å². The van der Waals surface area contributed by atoms with E-state index >= 15 is 0 Å². The van der Waals surface area contributed by atoms with Crippen LogP contribution in [0.4, 0.5) is 15.8 Å². The molecule has 2 aromatic carbocycles. The van der Waals surface area contributed by atoms with Crippen LogP contribution in [0.15, 0.2) is 36.4 Å². The SMILES string of the molecule is Cc1ccc(NC(=O)CNc2ccc(F)cc2C)cc1C. The molecule has 2 aromatic rings. The highest BCUT2D eigenvalue weighted by atomic mass is 19.1. The van der Waals surface area contributed by atoms with Crippen molar-refractivity contribution in [2.24, 2.45) is 0 Å². The zero-order chi connectivity index (χ0) is 15.4. The first-order valence-electron chi connectivity index (χ1n) is 6.83. The van der Waals surface area contributed by atoms with E-state index in [0.717, 1.165) is 22.5 Å². The highest BCUT2D eigenvalue weighted by molar-refractivity contribution is 5.93. The van der Waals surface area contributed by atoms with Crippen molar-refractivity contribution in [3.05, 3.63) is 58.9 Å². The van der Waals surface area contributed by atoms with Gasteiger partial charge in [-0.25, -0.2) is 4.39 Å². The molecular weight excluding hydrogens is 267 g/mol. The van der Waals surface area contributed by atoms with Crippen LogP contribution in [0.2, 0.25) is 0 Å². The van der Waals surface area contributed by atoms with E-state index in [2.05, 4.69) is 10.6 Å². The van der Waals surface area contributed by atoms with E-state index in [-0.39, 0.29) is 18.3 Å². The van der Waals surface area contributed by atoms with Crippen LogP contribution in [0.5, 0.6) is 0 Å². The van der Waals surface area contributed by atoms with Gasteiger partial charge in [-0.3, -0.25) is 4.79 Å². The Kier molecular flexibility index (Phi) is 4.58. The maximum atomic E-state index is 13.0. The second-order valence-electron chi connectivity index (χ2n) is 5.16. The minimum Gasteiger partial charge on any atom is -0.376 e. The number of nitrogens with one attached hydrogen (secondary N) is 2. The zero-order valence-corrected chi connectivity index (χ0v) is 12.5. The average molecular weight is 286 g/mol. The van der Waals surface area contributed by atoms with Crippen LogP contribution in [0.25, 0.3) is 0 Å². The lowest BCUT2D eigenvalue weighted by molar-refractivity contribution is -0.114. The van der Waals surface area contributed by atoms with Gasteiger partial charge in [0.1, 0.15) is 5.82 Å². The molecule has 0 saturated carbocycles. The minimum atomic E-state index is -0.280. The topological polar surface area (TPSA) is 41.1 Å². The molecule has 0 aliphatic rings. The third kappa shape index (κ3) is 4.05. The third-order valence-electron chi connectivity index (χ3n) is 3.42. The van der Waals surface area contributed by atoms with Crippen molar-refractivity contribution in [2.75, 3.05) is 17.2 Å². The fraction of sp³-hybridized carbons (Fsp3) is 0.235. The number of aryl methyl sites for hydroxylation is 3. The first kappa shape index (κ1) is 15.0. The molecule has 2 rings (SSSR count). The Balaban J connectivity index is 1.94. The molecule has 0 aliphatic carbocycles. The van der Waals surface area contributed by atoms with E-state index < -0.39 is 0 Å². The summed E-state index contributed by atoms with van der Waals surface area (Å²) < 4.78 is 13.0. The summed E-state index contributed by atoms with van der Waals surface area (Å²) in [5.74, 6) is -0.417. The molecule has 0 radical (unpaired) electrons. The van der Waals surface area contributed by atoms with E-state index in [0.29, 0.717) is 0 Å². The highest BCUT2D eigenvalue weighted by Crippen LogP contribution is 2.16. The van der Waals surface area contributed by atoms with Crippen molar-refractivity contribution in [1.29, 1.82) is 0 Å². The van der Waals surface area contributed by atoms with Crippen molar-refractivity contribution in [2.45, 2.75) is 20.8 Å². The maximum absolute atomic E-state index is 13.0. The number of rotatable bonds is 4. The van der Waals surface area contributed by atoms with Crippen molar-refractivity contribution in [3.63, 3.8) is 0 Å². The van der Waals surface area contributed by atoms with Gasteiger partial charge in [0.05, 0.1) is 6.54 Å². The van der Waals surface area contributed by atoms with Crippen LogP contribution in [0, 0.1) is 26.6 Å². The smallest absolute Gasteiger partial charge is 0.243 e. The van der Waals surface area contributed by atoms with Crippen LogP contribution in [0.1, 0.15) is 16.7 Å². The number of halogens is 1. The quantitative estimate of drug-likeness (QED) is 0.897. The second kappa shape index (κ2) is 6.39. The molecule has 0 spiro atoms. The summed E-state index contributed by atoms with van der Waals surface area (Å²) in [5, 5.41) is 5.84. The first-order valence-corrected chi connectivity index (χ1v) is 6.83. The van der Waals surface area contributed by atoms with Gasteiger partial charge in [0.15, 0.2) is 0 Å². The lowest BCUT2D eigenvalue weighted by Gasteiger charge is -2.11. The lowest BCUT2D eigenvalue weighted by atomic mass is 10.1. The average Bonchev–Trinajstić information content (AvgIpc) is 2.42. The summed E-state index contributed by atoms with van der Waals surface area (Å²) in [7, 11) is 0. The van der Waals surface area contributed by atoms with Crippen molar-refractivity contribution >= 4 is 17.3 Å². The number of carbonyl (C=O) groups excluding carboxylic acids is 1. The molecule has 0 atom stereocenters. The number of hydrogen-bond donors (Lipinski definition) is 2. The number of amides is 1. The van der Waals surface area contributed by atoms with Crippen LogP contribution in [0.3, 0.4) is 0 Å². The summed E-state index contributed by atoms with van der Waals surface area (Å²) in [5.41, 5.74) is 4.63. The molecule has 0 aromatic heterocycles. The molecule has 0 unspecified atom stereocenters. The highest BCUT2D eigenvalue weighted by Gasteiger charge is 2.05. The number of benzene rings is 2. The Morgan fingerprint density at radius 2 is 1.76 bits per heavy atom. The number of hydrogen-bond acceptors (Lipinski definition) is 2. The maximum Gasteiger partial charge on any atom is 0.243 e. The monoisotopic (exact) mass is 286 g/mol. The lowest BCUT2D eigenvalue weighted by Crippen LogP contribution is -2.22. The fourth-order valence-electron chi connectivity index (χ4n) is 2.03. The van der Waals surface area contributed by atoms with Gasteiger partial charge < -0.3 is 10.6 Å². The Hall–Kier alpha value is -2.36. The summed E-state index contributed by atoms with van der Waals surface area (Å²) in [4.78, 5) is 11.9. The first-order chi connectivity index (χ1) is 9.95. The van der Waals surface area contributed by atoms with Gasteiger partial charge in [-0.2, -0.15) is 0 Å². The molecule has 21 heavy (non-hydrogen) atoms. The normalized spacial score (nSPS) is 10.3. The van der Waals surface area contributed by atoms with Crippen molar-refractivity contribution in [3.8, 4) is 0 Å². The Morgan fingerprint density at radius 3 is 2.43 bits per heavy atom. The van der Waals surface area contributed by atoms with Crippen molar-refractivity contribution in [1.82, 2.24) is 0 Å². The molecule has 3 nitrogen and oxygen atoms in total. The van der Waals surface area contributed by atoms with E-state index in [1.807, 2.05) is 32.0 Å². The summed E-state index contributed by atoms with van der Waals surface area (Å²) in [6.45, 7) is 5.97. The number of anilines is 2. The van der Waals surface area contributed by atoms with Gasteiger partial charge in [0.2, 0.25) is 5.91 Å². The van der Waals surface area contributed by atoms with Gasteiger partial charge in [-0.05, 0) is 67.8 Å². The molecule has 1 amide bonds. The molecule has 4 heteroatoms. The van der Waals surface area contributed by atoms with Crippen LogP contribution in [-0.4, -0.2) is 12.5 Å². The third-order valence-corrected chi connectivity index (χ3v) is 3.42. The van der Waals surface area contributed by atoms with Crippen LogP contribution >= 0.6 is 0 Å². The molecule has 110 valence electrons. The van der Waals surface area contributed by atoms with Gasteiger partial charge in [-0.15, -0.1) is 0 Å². The molecule has 0 aliphatic heterocycles. The molecule has 0 fully saturated rings. The Morgan fingerprint density at radius 1 is 1.00 bits per heavy atom. The molecule has 0 heterocycles. The largest absolute Gasteiger partial charge is 0.376 e. The van der Waals surface area contributed by atoms with Gasteiger partial charge in [0.25, 0.3) is 0 Å². The predicted molar refractivity (Wildman–Crippen MR) is 84.2 cm³/mol.